The molecule has 1 N–H and O–H groups in total. The molecule has 0 saturated carbocycles. The number of ketones is 1. The minimum absolute atomic E-state index is 0.0578. The average Bonchev–Trinajstić information content (AvgIpc) is 2.39. The first-order valence-corrected chi connectivity index (χ1v) is 5.61. The third-order valence-electron chi connectivity index (χ3n) is 2.64. The number of aromatic hydroxyl groups is 1. The standard InChI is InChI=1S/C15H14O2/c16-14-9-6-12(7-10-14)8-11-15(17)13-4-2-1-3-5-13/h1-2,5-11,16H,3-4H2. The maximum Gasteiger partial charge on any atom is 0.181 e. The number of carbonyl (C=O) groups excluding carboxylic acids is 1. The molecule has 0 spiro atoms. The lowest BCUT2D eigenvalue weighted by molar-refractivity contribution is -0.111. The van der Waals surface area contributed by atoms with Crippen LogP contribution < -0.4 is 0 Å². The molecule has 2 heteroatoms. The zero-order chi connectivity index (χ0) is 12.1. The minimum atomic E-state index is 0.0578. The van der Waals surface area contributed by atoms with Crippen LogP contribution in [0.1, 0.15) is 18.4 Å². The molecule has 0 heterocycles. The van der Waals surface area contributed by atoms with E-state index in [9.17, 15) is 4.79 Å². The second-order valence-corrected chi connectivity index (χ2v) is 3.93. The molecule has 2 rings (SSSR count). The van der Waals surface area contributed by atoms with Gasteiger partial charge in [-0.2, -0.15) is 0 Å². The predicted octanol–water partition coefficient (Wildman–Crippen LogP) is 3.25. The van der Waals surface area contributed by atoms with Crippen LogP contribution in [0.4, 0.5) is 0 Å². The van der Waals surface area contributed by atoms with Gasteiger partial charge in [0.2, 0.25) is 0 Å². The minimum Gasteiger partial charge on any atom is -0.508 e. The molecule has 0 aliphatic heterocycles. The van der Waals surface area contributed by atoms with Crippen molar-refractivity contribution in [3.05, 3.63) is 59.7 Å². The van der Waals surface area contributed by atoms with E-state index in [1.807, 2.05) is 12.2 Å². The number of rotatable bonds is 3. The van der Waals surface area contributed by atoms with Crippen molar-refractivity contribution in [3.8, 4) is 5.75 Å². The Morgan fingerprint density at radius 1 is 1.18 bits per heavy atom. The van der Waals surface area contributed by atoms with E-state index < -0.39 is 0 Å². The first kappa shape index (κ1) is 11.4. The van der Waals surface area contributed by atoms with Gasteiger partial charge in [-0.1, -0.05) is 36.4 Å². The summed E-state index contributed by atoms with van der Waals surface area (Å²) in [7, 11) is 0. The molecule has 0 atom stereocenters. The lowest BCUT2D eigenvalue weighted by Crippen LogP contribution is -1.99. The SMILES string of the molecule is O=C(C=Cc1ccc(O)cc1)C1=CCC=CC1. The number of phenolic OH excluding ortho intramolecular Hbond substituents is 1. The topological polar surface area (TPSA) is 37.3 Å². The molecule has 2 nitrogen and oxygen atoms in total. The molecule has 0 aromatic heterocycles. The summed E-state index contributed by atoms with van der Waals surface area (Å²) >= 11 is 0. The maximum atomic E-state index is 11.8. The quantitative estimate of drug-likeness (QED) is 0.634. The number of phenols is 1. The van der Waals surface area contributed by atoms with Crippen LogP contribution in [-0.4, -0.2) is 10.9 Å². The van der Waals surface area contributed by atoms with Crippen LogP contribution in [0.25, 0.3) is 6.08 Å². The van der Waals surface area contributed by atoms with Gasteiger partial charge >= 0.3 is 0 Å². The van der Waals surface area contributed by atoms with Crippen molar-refractivity contribution in [3.63, 3.8) is 0 Å². The normalized spacial score (nSPS) is 14.9. The van der Waals surface area contributed by atoms with Gasteiger partial charge in [0.15, 0.2) is 5.78 Å². The van der Waals surface area contributed by atoms with Gasteiger partial charge in [0.05, 0.1) is 0 Å². The zero-order valence-electron chi connectivity index (χ0n) is 9.47. The first-order valence-electron chi connectivity index (χ1n) is 5.61. The van der Waals surface area contributed by atoms with Crippen molar-refractivity contribution < 1.29 is 9.90 Å². The Morgan fingerprint density at radius 3 is 2.59 bits per heavy atom. The Bertz CT molecular complexity index is 490. The van der Waals surface area contributed by atoms with Gasteiger partial charge in [-0.3, -0.25) is 4.79 Å². The van der Waals surface area contributed by atoms with Gasteiger partial charge in [0.25, 0.3) is 0 Å². The highest BCUT2D eigenvalue weighted by Gasteiger charge is 2.05. The number of benzene rings is 1. The van der Waals surface area contributed by atoms with Crippen LogP contribution in [0.5, 0.6) is 5.75 Å². The van der Waals surface area contributed by atoms with Gasteiger partial charge in [-0.25, -0.2) is 0 Å². The van der Waals surface area contributed by atoms with E-state index in [0.717, 1.165) is 24.0 Å². The summed E-state index contributed by atoms with van der Waals surface area (Å²) in [6.45, 7) is 0. The van der Waals surface area contributed by atoms with Gasteiger partial charge in [-0.05, 0) is 42.2 Å². The lowest BCUT2D eigenvalue weighted by atomic mass is 10.0. The Hall–Kier alpha value is -2.09. The monoisotopic (exact) mass is 226 g/mol. The molecule has 1 aliphatic rings. The van der Waals surface area contributed by atoms with Crippen molar-refractivity contribution in [2.45, 2.75) is 12.8 Å². The molecule has 86 valence electrons. The summed E-state index contributed by atoms with van der Waals surface area (Å²) in [5.74, 6) is 0.288. The molecular formula is C15H14O2. The van der Waals surface area contributed by atoms with Gasteiger partial charge in [-0.15, -0.1) is 0 Å². The second kappa shape index (κ2) is 5.30. The molecule has 1 aromatic rings. The molecule has 0 fully saturated rings. The molecule has 0 saturated heterocycles. The molecule has 0 bridgehead atoms. The second-order valence-electron chi connectivity index (χ2n) is 3.93. The molecule has 17 heavy (non-hydrogen) atoms. The number of hydrogen-bond acceptors (Lipinski definition) is 2. The highest BCUT2D eigenvalue weighted by atomic mass is 16.3. The van der Waals surface area contributed by atoms with E-state index in [4.69, 9.17) is 5.11 Å². The molecule has 0 amide bonds. The number of hydrogen-bond donors (Lipinski definition) is 1. The van der Waals surface area contributed by atoms with Crippen LogP contribution in [0, 0.1) is 0 Å². The fourth-order valence-corrected chi connectivity index (χ4v) is 1.67. The number of carbonyl (C=O) groups is 1. The molecular weight excluding hydrogens is 212 g/mol. The Kier molecular flexibility index (Phi) is 3.55. The number of allylic oxidation sites excluding steroid dienone is 5. The molecule has 0 radical (unpaired) electrons. The summed E-state index contributed by atoms with van der Waals surface area (Å²) in [5.41, 5.74) is 1.76. The molecule has 1 aromatic carbocycles. The van der Waals surface area contributed by atoms with Crippen molar-refractivity contribution >= 4 is 11.9 Å². The third kappa shape index (κ3) is 3.18. The van der Waals surface area contributed by atoms with Gasteiger partial charge in [0.1, 0.15) is 5.75 Å². The molecule has 0 unspecified atom stereocenters. The summed E-state index contributed by atoms with van der Waals surface area (Å²) in [4.78, 5) is 11.8. The van der Waals surface area contributed by atoms with Crippen molar-refractivity contribution in [2.75, 3.05) is 0 Å². The van der Waals surface area contributed by atoms with E-state index in [-0.39, 0.29) is 11.5 Å². The predicted molar refractivity (Wildman–Crippen MR) is 68.6 cm³/mol. The van der Waals surface area contributed by atoms with Crippen LogP contribution in [0.2, 0.25) is 0 Å². The van der Waals surface area contributed by atoms with Crippen molar-refractivity contribution in [1.82, 2.24) is 0 Å². The van der Waals surface area contributed by atoms with E-state index in [2.05, 4.69) is 6.08 Å². The van der Waals surface area contributed by atoms with E-state index >= 15 is 0 Å². The average molecular weight is 226 g/mol. The summed E-state index contributed by atoms with van der Waals surface area (Å²) in [6, 6.07) is 6.75. The fraction of sp³-hybridized carbons (Fsp3) is 0.133. The van der Waals surface area contributed by atoms with Crippen molar-refractivity contribution in [1.29, 1.82) is 0 Å². The maximum absolute atomic E-state index is 11.8. The Labute approximate surface area is 101 Å². The highest BCUT2D eigenvalue weighted by Crippen LogP contribution is 2.14. The highest BCUT2D eigenvalue weighted by molar-refractivity contribution is 6.06. The fourth-order valence-electron chi connectivity index (χ4n) is 1.67. The van der Waals surface area contributed by atoms with Crippen LogP contribution in [0.15, 0.2) is 54.1 Å². The van der Waals surface area contributed by atoms with Gasteiger partial charge < -0.3 is 5.11 Å². The third-order valence-corrected chi connectivity index (χ3v) is 2.64. The smallest absolute Gasteiger partial charge is 0.181 e. The summed E-state index contributed by atoms with van der Waals surface area (Å²) in [5, 5.41) is 9.13. The summed E-state index contributed by atoms with van der Waals surface area (Å²) in [6.07, 6.45) is 10.9. The Balaban J connectivity index is 2.03. The first-order chi connectivity index (χ1) is 8.25. The van der Waals surface area contributed by atoms with E-state index in [1.165, 1.54) is 0 Å². The van der Waals surface area contributed by atoms with Crippen molar-refractivity contribution in [2.24, 2.45) is 0 Å². The van der Waals surface area contributed by atoms with Crippen LogP contribution >= 0.6 is 0 Å². The Morgan fingerprint density at radius 2 is 1.94 bits per heavy atom. The van der Waals surface area contributed by atoms with Crippen LogP contribution in [0.3, 0.4) is 0 Å². The van der Waals surface area contributed by atoms with E-state index in [0.29, 0.717) is 0 Å². The molecule has 1 aliphatic carbocycles. The zero-order valence-corrected chi connectivity index (χ0v) is 9.47. The lowest BCUT2D eigenvalue weighted by Gasteiger charge is -2.03. The van der Waals surface area contributed by atoms with Gasteiger partial charge in [0, 0.05) is 0 Å². The van der Waals surface area contributed by atoms with E-state index in [1.54, 1.807) is 36.4 Å². The van der Waals surface area contributed by atoms with Crippen LogP contribution in [-0.2, 0) is 4.79 Å². The largest absolute Gasteiger partial charge is 0.508 e. The summed E-state index contributed by atoms with van der Waals surface area (Å²) < 4.78 is 0.